The van der Waals surface area contributed by atoms with Crippen LogP contribution in [0.5, 0.6) is 11.5 Å². The topological polar surface area (TPSA) is 67.9 Å². The molecule has 6 heteroatoms. The molecule has 0 aliphatic carbocycles. The molecule has 6 nitrogen and oxygen atoms in total. The first-order valence-electron chi connectivity index (χ1n) is 10.8. The van der Waals surface area contributed by atoms with Crippen LogP contribution in [-0.2, 0) is 11.2 Å². The molecule has 1 heterocycles. The molecule has 0 saturated carbocycles. The van der Waals surface area contributed by atoms with Gasteiger partial charge in [0.05, 0.1) is 6.61 Å². The number of hydrogen-bond donors (Lipinski definition) is 1. The van der Waals surface area contributed by atoms with Gasteiger partial charge in [0.2, 0.25) is 0 Å². The molecule has 0 aromatic heterocycles. The van der Waals surface area contributed by atoms with E-state index in [1.807, 2.05) is 55.5 Å². The lowest BCUT2D eigenvalue weighted by molar-refractivity contribution is -0.118. The third kappa shape index (κ3) is 5.09. The van der Waals surface area contributed by atoms with Gasteiger partial charge in [-0.15, -0.1) is 0 Å². The summed E-state index contributed by atoms with van der Waals surface area (Å²) in [6, 6.07) is 22.1. The van der Waals surface area contributed by atoms with Gasteiger partial charge in [-0.3, -0.25) is 9.59 Å². The van der Waals surface area contributed by atoms with Crippen molar-refractivity contribution in [2.45, 2.75) is 19.8 Å². The van der Waals surface area contributed by atoms with E-state index in [-0.39, 0.29) is 18.4 Å². The zero-order valence-electron chi connectivity index (χ0n) is 18.0. The number of nitrogens with zero attached hydrogens (tertiary/aromatic N) is 1. The maximum atomic E-state index is 13.0. The van der Waals surface area contributed by atoms with Crippen LogP contribution in [0, 0.1) is 0 Å². The van der Waals surface area contributed by atoms with Crippen molar-refractivity contribution >= 4 is 23.2 Å². The average molecular weight is 431 g/mol. The first-order chi connectivity index (χ1) is 15.6. The van der Waals surface area contributed by atoms with Crippen molar-refractivity contribution in [3.8, 4) is 11.5 Å². The van der Waals surface area contributed by atoms with E-state index >= 15 is 0 Å². The van der Waals surface area contributed by atoms with E-state index in [1.54, 1.807) is 29.2 Å². The van der Waals surface area contributed by atoms with Gasteiger partial charge in [-0.1, -0.05) is 24.3 Å². The number of rotatable bonds is 7. The Hall–Kier alpha value is -3.80. The summed E-state index contributed by atoms with van der Waals surface area (Å²) < 4.78 is 11.0. The predicted octanol–water partition coefficient (Wildman–Crippen LogP) is 4.70. The summed E-state index contributed by atoms with van der Waals surface area (Å²) >= 11 is 0. The largest absolute Gasteiger partial charge is 0.494 e. The number of carbonyl (C=O) groups is 2. The van der Waals surface area contributed by atoms with Crippen molar-refractivity contribution in [3.05, 3.63) is 83.9 Å². The average Bonchev–Trinajstić information content (AvgIpc) is 2.83. The summed E-state index contributed by atoms with van der Waals surface area (Å²) in [5.41, 5.74) is 3.23. The normalized spacial score (nSPS) is 12.6. The van der Waals surface area contributed by atoms with Gasteiger partial charge in [0.25, 0.3) is 11.8 Å². The van der Waals surface area contributed by atoms with E-state index in [0.29, 0.717) is 30.2 Å². The van der Waals surface area contributed by atoms with Crippen molar-refractivity contribution < 1.29 is 19.1 Å². The van der Waals surface area contributed by atoms with Gasteiger partial charge in [0, 0.05) is 23.5 Å². The fraction of sp³-hybridized carbons (Fsp3) is 0.231. The molecule has 3 aromatic carbocycles. The molecule has 2 amide bonds. The molecule has 0 spiro atoms. The van der Waals surface area contributed by atoms with E-state index in [9.17, 15) is 9.59 Å². The van der Waals surface area contributed by atoms with Gasteiger partial charge in [0.15, 0.2) is 6.61 Å². The zero-order chi connectivity index (χ0) is 22.3. The van der Waals surface area contributed by atoms with Crippen LogP contribution in [0.15, 0.2) is 72.8 Å². The summed E-state index contributed by atoms with van der Waals surface area (Å²) in [6.45, 7) is 3.06. The number of aryl methyl sites for hydroxylation is 1. The lowest BCUT2D eigenvalue weighted by Crippen LogP contribution is -2.35. The Labute approximate surface area is 187 Å². The minimum Gasteiger partial charge on any atom is -0.494 e. The van der Waals surface area contributed by atoms with E-state index in [0.717, 1.165) is 29.8 Å². The van der Waals surface area contributed by atoms with Gasteiger partial charge < -0.3 is 19.7 Å². The maximum Gasteiger partial charge on any atom is 0.262 e. The monoisotopic (exact) mass is 430 g/mol. The molecule has 0 saturated heterocycles. The first-order valence-corrected chi connectivity index (χ1v) is 10.8. The lowest BCUT2D eigenvalue weighted by atomic mass is 10.00. The second kappa shape index (κ2) is 10.0. The number of fused-ring (bicyclic) bond motifs is 1. The molecule has 1 aliphatic rings. The molecule has 0 bridgehead atoms. The molecular weight excluding hydrogens is 404 g/mol. The molecule has 32 heavy (non-hydrogen) atoms. The fourth-order valence-corrected chi connectivity index (χ4v) is 3.74. The van der Waals surface area contributed by atoms with Gasteiger partial charge >= 0.3 is 0 Å². The number of amides is 2. The SMILES string of the molecule is CCOc1ccc(OCC(=O)Nc2ccc3c(c2)N(C(=O)c2ccccc2)CCC3)cc1. The second-order valence-electron chi connectivity index (χ2n) is 7.51. The summed E-state index contributed by atoms with van der Waals surface area (Å²) in [5, 5.41) is 2.87. The smallest absolute Gasteiger partial charge is 0.262 e. The van der Waals surface area contributed by atoms with Crippen molar-refractivity contribution in [1.29, 1.82) is 0 Å². The van der Waals surface area contributed by atoms with Crippen molar-refractivity contribution in [1.82, 2.24) is 0 Å². The molecule has 1 N–H and O–H groups in total. The van der Waals surface area contributed by atoms with Crippen LogP contribution in [0.25, 0.3) is 0 Å². The van der Waals surface area contributed by atoms with E-state index in [4.69, 9.17) is 9.47 Å². The number of anilines is 2. The molecule has 0 atom stereocenters. The molecule has 1 aliphatic heterocycles. The number of hydrogen-bond acceptors (Lipinski definition) is 4. The van der Waals surface area contributed by atoms with Crippen LogP contribution < -0.4 is 19.7 Å². The maximum absolute atomic E-state index is 13.0. The Morgan fingerprint density at radius 3 is 2.38 bits per heavy atom. The van der Waals surface area contributed by atoms with Gasteiger partial charge in [-0.2, -0.15) is 0 Å². The number of carbonyl (C=O) groups excluding carboxylic acids is 2. The van der Waals surface area contributed by atoms with Crippen LogP contribution in [0.4, 0.5) is 11.4 Å². The Morgan fingerprint density at radius 2 is 1.66 bits per heavy atom. The summed E-state index contributed by atoms with van der Waals surface area (Å²) in [4.78, 5) is 27.2. The molecule has 4 rings (SSSR count). The number of benzene rings is 3. The van der Waals surface area contributed by atoms with Gasteiger partial charge in [-0.05, 0) is 73.9 Å². The van der Waals surface area contributed by atoms with Gasteiger partial charge in [0.1, 0.15) is 11.5 Å². The molecule has 3 aromatic rings. The summed E-state index contributed by atoms with van der Waals surface area (Å²) in [6.07, 6.45) is 1.82. The molecule has 164 valence electrons. The molecule has 0 radical (unpaired) electrons. The zero-order valence-corrected chi connectivity index (χ0v) is 18.0. The first kappa shape index (κ1) is 21.4. The Kier molecular flexibility index (Phi) is 6.70. The second-order valence-corrected chi connectivity index (χ2v) is 7.51. The number of ether oxygens (including phenoxy) is 2. The lowest BCUT2D eigenvalue weighted by Gasteiger charge is -2.30. The minimum absolute atomic E-state index is 0.0335. The predicted molar refractivity (Wildman–Crippen MR) is 125 cm³/mol. The highest BCUT2D eigenvalue weighted by molar-refractivity contribution is 6.07. The van der Waals surface area contributed by atoms with Crippen LogP contribution in [-0.4, -0.2) is 31.6 Å². The highest BCUT2D eigenvalue weighted by Crippen LogP contribution is 2.31. The van der Waals surface area contributed by atoms with Crippen LogP contribution in [0.3, 0.4) is 0 Å². The highest BCUT2D eigenvalue weighted by atomic mass is 16.5. The van der Waals surface area contributed by atoms with Crippen molar-refractivity contribution in [2.75, 3.05) is 30.0 Å². The third-order valence-electron chi connectivity index (χ3n) is 5.26. The standard InChI is InChI=1S/C26H26N2O4/c1-2-31-22-12-14-23(15-13-22)32-18-25(29)27-21-11-10-19-9-6-16-28(24(19)17-21)26(30)20-7-4-3-5-8-20/h3-5,7-8,10-15,17H,2,6,9,16,18H2,1H3,(H,27,29). The Bertz CT molecular complexity index is 1080. The summed E-state index contributed by atoms with van der Waals surface area (Å²) in [5.74, 6) is 1.05. The van der Waals surface area contributed by atoms with Crippen LogP contribution in [0.1, 0.15) is 29.3 Å². The van der Waals surface area contributed by atoms with Crippen LogP contribution in [0.2, 0.25) is 0 Å². The quantitative estimate of drug-likeness (QED) is 0.590. The van der Waals surface area contributed by atoms with Crippen LogP contribution >= 0.6 is 0 Å². The highest BCUT2D eigenvalue weighted by Gasteiger charge is 2.24. The third-order valence-corrected chi connectivity index (χ3v) is 5.26. The molecule has 0 fully saturated rings. The van der Waals surface area contributed by atoms with E-state index in [2.05, 4.69) is 5.32 Å². The molecule has 0 unspecified atom stereocenters. The summed E-state index contributed by atoms with van der Waals surface area (Å²) in [7, 11) is 0. The minimum atomic E-state index is -0.268. The van der Waals surface area contributed by atoms with E-state index in [1.165, 1.54) is 0 Å². The number of nitrogens with one attached hydrogen (secondary N) is 1. The van der Waals surface area contributed by atoms with Crippen molar-refractivity contribution in [2.24, 2.45) is 0 Å². The molecular formula is C26H26N2O4. The van der Waals surface area contributed by atoms with Crippen molar-refractivity contribution in [3.63, 3.8) is 0 Å². The van der Waals surface area contributed by atoms with E-state index < -0.39 is 0 Å². The Morgan fingerprint density at radius 1 is 0.938 bits per heavy atom. The fourth-order valence-electron chi connectivity index (χ4n) is 3.74. The Balaban J connectivity index is 1.41. The van der Waals surface area contributed by atoms with Gasteiger partial charge in [-0.25, -0.2) is 0 Å².